The first-order valence-corrected chi connectivity index (χ1v) is 12.3. The maximum Gasteiger partial charge on any atom is 0.469 e. The van der Waals surface area contributed by atoms with E-state index in [1.807, 2.05) is 66.7 Å². The van der Waals surface area contributed by atoms with Crippen LogP contribution in [0.1, 0.15) is 12.5 Å². The van der Waals surface area contributed by atoms with Crippen LogP contribution in [0.3, 0.4) is 0 Å². The van der Waals surface area contributed by atoms with Gasteiger partial charge in [0.25, 0.3) is 0 Å². The summed E-state index contributed by atoms with van der Waals surface area (Å²) in [4.78, 5) is 31.9. The molecular formula is C23H25N2O6PS. The first-order valence-electron chi connectivity index (χ1n) is 9.96. The number of phosphoric ester groups is 1. The molecule has 0 aliphatic carbocycles. The van der Waals surface area contributed by atoms with Gasteiger partial charge < -0.3 is 25.6 Å². The first kappa shape index (κ1) is 25.0. The second kappa shape index (κ2) is 11.0. The van der Waals surface area contributed by atoms with E-state index in [9.17, 15) is 9.36 Å². The molecule has 0 bridgehead atoms. The largest absolute Gasteiger partial charge is 0.489 e. The van der Waals surface area contributed by atoms with Gasteiger partial charge in [-0.2, -0.15) is 0 Å². The Morgan fingerprint density at radius 1 is 1.03 bits per heavy atom. The molecule has 0 saturated carbocycles. The number of amides is 1. The number of hydrogen-bond acceptors (Lipinski definition) is 6. The number of nitrogens with one attached hydrogen (secondary N) is 1. The van der Waals surface area contributed by atoms with Gasteiger partial charge in [-0.25, -0.2) is 4.57 Å². The number of anilines is 1. The summed E-state index contributed by atoms with van der Waals surface area (Å²) in [5, 5.41) is 2.62. The number of hydrogen-bond donors (Lipinski definition) is 4. The molecule has 0 heterocycles. The van der Waals surface area contributed by atoms with Gasteiger partial charge in [-0.05, 0) is 55.0 Å². The summed E-state index contributed by atoms with van der Waals surface area (Å²) in [6.45, 7) is 1.19. The van der Waals surface area contributed by atoms with Crippen LogP contribution in [-0.4, -0.2) is 27.8 Å². The van der Waals surface area contributed by atoms with Crippen molar-refractivity contribution in [2.45, 2.75) is 28.9 Å². The minimum Gasteiger partial charge on any atom is -0.489 e. The molecule has 0 aliphatic rings. The Kier molecular flexibility index (Phi) is 8.31. The molecule has 1 amide bonds. The fraction of sp³-hybridized carbons (Fsp3) is 0.174. The summed E-state index contributed by atoms with van der Waals surface area (Å²) in [6.07, 6.45) is 0. The maximum atomic E-state index is 12.3. The van der Waals surface area contributed by atoms with E-state index < -0.39 is 25.9 Å². The van der Waals surface area contributed by atoms with Gasteiger partial charge in [0.05, 0.1) is 6.61 Å². The molecule has 3 aromatic rings. The topological polar surface area (TPSA) is 131 Å². The SMILES string of the molecule is C[C@](N)(COP(=O)(O)O)C(=O)Nc1ccc(Sc2cccc(OCc3ccccc3)c2)cc1. The predicted octanol–water partition coefficient (Wildman–Crippen LogP) is 4.18. The van der Waals surface area contributed by atoms with Crippen LogP contribution < -0.4 is 15.8 Å². The van der Waals surface area contributed by atoms with Crippen LogP contribution in [-0.2, 0) is 20.5 Å². The van der Waals surface area contributed by atoms with E-state index >= 15 is 0 Å². The fourth-order valence-corrected chi connectivity index (χ4v) is 3.97. The van der Waals surface area contributed by atoms with Crippen LogP contribution in [0.25, 0.3) is 0 Å². The van der Waals surface area contributed by atoms with Crippen molar-refractivity contribution >= 4 is 31.2 Å². The number of carbonyl (C=O) groups is 1. The van der Waals surface area contributed by atoms with Crippen molar-refractivity contribution in [1.82, 2.24) is 0 Å². The normalized spacial score (nSPS) is 13.2. The van der Waals surface area contributed by atoms with Crippen LogP contribution >= 0.6 is 19.6 Å². The van der Waals surface area contributed by atoms with Crippen molar-refractivity contribution in [2.75, 3.05) is 11.9 Å². The number of benzene rings is 3. The lowest BCUT2D eigenvalue weighted by Gasteiger charge is -2.23. The van der Waals surface area contributed by atoms with Crippen molar-refractivity contribution < 1.29 is 28.4 Å². The Hall–Kier alpha value is -2.65. The molecule has 0 radical (unpaired) electrons. The molecular weight excluding hydrogens is 463 g/mol. The third-order valence-electron chi connectivity index (χ3n) is 4.45. The van der Waals surface area contributed by atoms with E-state index in [1.165, 1.54) is 6.92 Å². The molecule has 0 aliphatic heterocycles. The molecule has 174 valence electrons. The first-order chi connectivity index (χ1) is 15.6. The van der Waals surface area contributed by atoms with Crippen molar-refractivity contribution in [3.05, 3.63) is 84.4 Å². The highest BCUT2D eigenvalue weighted by Gasteiger charge is 2.32. The summed E-state index contributed by atoms with van der Waals surface area (Å²) in [7, 11) is -4.72. The molecule has 3 aromatic carbocycles. The zero-order valence-electron chi connectivity index (χ0n) is 17.9. The van der Waals surface area contributed by atoms with Crippen LogP contribution in [0.2, 0.25) is 0 Å². The summed E-state index contributed by atoms with van der Waals surface area (Å²) in [6, 6.07) is 24.8. The van der Waals surface area contributed by atoms with Gasteiger partial charge in [-0.1, -0.05) is 48.2 Å². The molecule has 0 saturated heterocycles. The third kappa shape index (κ3) is 8.33. The highest BCUT2D eigenvalue weighted by Crippen LogP contribution is 2.36. The van der Waals surface area contributed by atoms with Crippen molar-refractivity contribution in [2.24, 2.45) is 5.73 Å². The van der Waals surface area contributed by atoms with E-state index in [-0.39, 0.29) is 0 Å². The highest BCUT2D eigenvalue weighted by molar-refractivity contribution is 7.99. The Bertz CT molecular complexity index is 1120. The molecule has 5 N–H and O–H groups in total. The van der Waals surface area contributed by atoms with Crippen molar-refractivity contribution in [3.63, 3.8) is 0 Å². The summed E-state index contributed by atoms with van der Waals surface area (Å²) in [5.74, 6) is 0.145. The number of rotatable bonds is 10. The smallest absolute Gasteiger partial charge is 0.469 e. The van der Waals surface area contributed by atoms with Gasteiger partial charge in [-0.15, -0.1) is 0 Å². The molecule has 0 aromatic heterocycles. The monoisotopic (exact) mass is 488 g/mol. The van der Waals surface area contributed by atoms with E-state index in [0.29, 0.717) is 12.3 Å². The van der Waals surface area contributed by atoms with E-state index in [2.05, 4.69) is 9.84 Å². The van der Waals surface area contributed by atoms with Crippen LogP contribution in [0, 0.1) is 0 Å². The van der Waals surface area contributed by atoms with Crippen molar-refractivity contribution in [3.8, 4) is 5.75 Å². The van der Waals surface area contributed by atoms with E-state index in [4.69, 9.17) is 20.3 Å². The predicted molar refractivity (Wildman–Crippen MR) is 127 cm³/mol. The fourth-order valence-electron chi connectivity index (χ4n) is 2.67. The number of phosphoric acid groups is 1. The van der Waals surface area contributed by atoms with Gasteiger partial charge in [0.2, 0.25) is 5.91 Å². The minimum absolute atomic E-state index is 0.489. The van der Waals surface area contributed by atoms with Crippen molar-refractivity contribution in [1.29, 1.82) is 0 Å². The zero-order valence-corrected chi connectivity index (χ0v) is 19.6. The minimum atomic E-state index is -4.72. The number of carbonyl (C=O) groups excluding carboxylic acids is 1. The molecule has 0 unspecified atom stereocenters. The van der Waals surface area contributed by atoms with Crippen LogP contribution in [0.5, 0.6) is 5.75 Å². The highest BCUT2D eigenvalue weighted by atomic mass is 32.2. The van der Waals surface area contributed by atoms with Gasteiger partial charge in [0.15, 0.2) is 0 Å². The quantitative estimate of drug-likeness (QED) is 0.313. The summed E-state index contributed by atoms with van der Waals surface area (Å²) in [5.41, 5.74) is 5.80. The lowest BCUT2D eigenvalue weighted by Crippen LogP contribution is -2.52. The van der Waals surface area contributed by atoms with E-state index in [0.717, 1.165) is 21.1 Å². The Morgan fingerprint density at radius 3 is 2.39 bits per heavy atom. The van der Waals surface area contributed by atoms with Gasteiger partial charge in [0, 0.05) is 15.5 Å². The average molecular weight is 489 g/mol. The molecule has 33 heavy (non-hydrogen) atoms. The number of nitrogens with two attached hydrogens (primary N) is 1. The summed E-state index contributed by atoms with van der Waals surface area (Å²) < 4.78 is 21.1. The second-order valence-electron chi connectivity index (χ2n) is 7.51. The van der Waals surface area contributed by atoms with Crippen LogP contribution in [0.4, 0.5) is 5.69 Å². The molecule has 0 spiro atoms. The molecule has 1 atom stereocenters. The standard InChI is InChI=1S/C23H25N2O6PS/c1-23(24,16-31-32(27,28)29)22(26)25-18-10-12-20(13-11-18)33-21-9-5-8-19(14-21)30-15-17-6-3-2-4-7-17/h2-14H,15-16,24H2,1H3,(H,25,26)(H2,27,28,29)/t23-/m0/s1. The lowest BCUT2D eigenvalue weighted by molar-refractivity contribution is -0.121. The molecule has 0 fully saturated rings. The number of ether oxygens (including phenoxy) is 1. The van der Waals surface area contributed by atoms with Crippen LogP contribution in [0.15, 0.2) is 88.7 Å². The average Bonchev–Trinajstić information content (AvgIpc) is 2.78. The Balaban J connectivity index is 1.56. The Morgan fingerprint density at radius 2 is 1.73 bits per heavy atom. The second-order valence-corrected chi connectivity index (χ2v) is 9.90. The van der Waals surface area contributed by atoms with Gasteiger partial charge >= 0.3 is 7.82 Å². The maximum absolute atomic E-state index is 12.3. The van der Waals surface area contributed by atoms with E-state index in [1.54, 1.807) is 23.9 Å². The van der Waals surface area contributed by atoms with Gasteiger partial charge in [0.1, 0.15) is 17.9 Å². The summed E-state index contributed by atoms with van der Waals surface area (Å²) >= 11 is 1.54. The van der Waals surface area contributed by atoms with Gasteiger partial charge in [-0.3, -0.25) is 9.32 Å². The molecule has 10 heteroatoms. The lowest BCUT2D eigenvalue weighted by atomic mass is 10.0. The zero-order chi connectivity index (χ0) is 23.9. The molecule has 8 nitrogen and oxygen atoms in total. The third-order valence-corrected chi connectivity index (χ3v) is 5.92. The molecule has 3 rings (SSSR count). The Labute approximate surface area is 196 Å².